The van der Waals surface area contributed by atoms with Crippen LogP contribution in [0.1, 0.15) is 5.56 Å². The molecule has 0 bridgehead atoms. The lowest BCUT2D eigenvalue weighted by molar-refractivity contribution is 1.27. The first-order valence-electron chi connectivity index (χ1n) is 4.30. The molecule has 4 heteroatoms. The van der Waals surface area contributed by atoms with E-state index >= 15 is 0 Å². The minimum Gasteiger partial charge on any atom is -0.102 e. The van der Waals surface area contributed by atoms with E-state index in [1.807, 2.05) is 30.3 Å². The molecule has 3 radical (unpaired) electrons. The highest BCUT2D eigenvalue weighted by molar-refractivity contribution is 6.64. The van der Waals surface area contributed by atoms with Gasteiger partial charge in [-0.1, -0.05) is 41.9 Å². The van der Waals surface area contributed by atoms with Gasteiger partial charge < -0.3 is 0 Å². The van der Waals surface area contributed by atoms with E-state index in [1.54, 1.807) is 6.07 Å². The van der Waals surface area contributed by atoms with Gasteiger partial charge in [0.05, 0.1) is 10.2 Å². The Morgan fingerprint density at radius 3 is 2.13 bits per heavy atom. The summed E-state index contributed by atoms with van der Waals surface area (Å²) in [5.74, 6) is 0. The van der Waals surface area contributed by atoms with Crippen LogP contribution in [-0.4, -0.2) is 10.2 Å². The fourth-order valence-corrected chi connectivity index (χ4v) is 2.31. The van der Waals surface area contributed by atoms with Crippen molar-refractivity contribution in [1.29, 1.82) is 0 Å². The lowest BCUT2D eigenvalue weighted by Crippen LogP contribution is -2.09. The van der Waals surface area contributed by atoms with Crippen molar-refractivity contribution in [3.05, 3.63) is 47.0 Å². The van der Waals surface area contributed by atoms with Gasteiger partial charge >= 0.3 is 0 Å². The highest BCUT2D eigenvalue weighted by Gasteiger charge is 2.22. The lowest BCUT2D eigenvalue weighted by Gasteiger charge is -2.16. The first-order chi connectivity index (χ1) is 7.00. The Hall–Kier alpha value is -0.213. The van der Waals surface area contributed by atoms with Gasteiger partial charge in [0.15, 0.2) is 0 Å². The van der Waals surface area contributed by atoms with Crippen molar-refractivity contribution >= 4 is 55.8 Å². The SMILES string of the molecule is [Si]C(Cl)(Cl)c1ccc(Cl)c2ccccc12. The molecule has 0 aliphatic heterocycles. The standard InChI is InChI=1S/C11H6Cl3Si/c12-10-6-5-9(11(13,14)15)7-3-1-2-4-8(7)10/h1-6H. The third kappa shape index (κ3) is 2.16. The molecule has 0 heterocycles. The average molecular weight is 273 g/mol. The van der Waals surface area contributed by atoms with E-state index in [9.17, 15) is 0 Å². The second kappa shape index (κ2) is 3.98. The summed E-state index contributed by atoms with van der Waals surface area (Å²) in [7, 11) is 3.27. The molecule has 0 aliphatic carbocycles. The fourth-order valence-electron chi connectivity index (χ4n) is 1.54. The molecule has 2 aromatic carbocycles. The molecular formula is C11H6Cl3Si. The number of halogens is 3. The van der Waals surface area contributed by atoms with Gasteiger partial charge in [0.2, 0.25) is 0 Å². The predicted molar refractivity (Wildman–Crippen MR) is 68.1 cm³/mol. The zero-order valence-electron chi connectivity index (χ0n) is 7.60. The second-order valence-corrected chi connectivity index (χ2v) is 6.33. The molecule has 0 aromatic heterocycles. The van der Waals surface area contributed by atoms with E-state index in [0.29, 0.717) is 5.02 Å². The summed E-state index contributed by atoms with van der Waals surface area (Å²) in [5, 5.41) is 2.59. The molecule has 75 valence electrons. The molecule has 0 saturated carbocycles. The summed E-state index contributed by atoms with van der Waals surface area (Å²) in [5.41, 5.74) is 0.794. The Morgan fingerprint density at radius 2 is 1.53 bits per heavy atom. The number of hydrogen-bond acceptors (Lipinski definition) is 0. The first-order valence-corrected chi connectivity index (χ1v) is 5.94. The van der Waals surface area contributed by atoms with Crippen LogP contribution in [0.25, 0.3) is 10.8 Å². The molecule has 0 saturated heterocycles. The third-order valence-corrected chi connectivity index (χ3v) is 3.22. The zero-order valence-corrected chi connectivity index (χ0v) is 10.9. The van der Waals surface area contributed by atoms with Crippen molar-refractivity contribution < 1.29 is 0 Å². The highest BCUT2D eigenvalue weighted by Crippen LogP contribution is 2.37. The van der Waals surface area contributed by atoms with Gasteiger partial charge in [-0.15, -0.1) is 23.2 Å². The summed E-state index contributed by atoms with van der Waals surface area (Å²) in [4.78, 5) is 0. The molecule has 0 atom stereocenters. The van der Waals surface area contributed by atoms with Gasteiger partial charge in [-0.2, -0.15) is 0 Å². The number of fused-ring (bicyclic) bond motifs is 1. The minimum absolute atomic E-state index is 0.693. The third-order valence-electron chi connectivity index (χ3n) is 2.21. The van der Waals surface area contributed by atoms with E-state index in [1.165, 1.54) is 0 Å². The van der Waals surface area contributed by atoms with Gasteiger partial charge in [-0.3, -0.25) is 0 Å². The van der Waals surface area contributed by atoms with Crippen LogP contribution in [-0.2, 0) is 3.96 Å². The van der Waals surface area contributed by atoms with Crippen molar-refractivity contribution in [2.24, 2.45) is 0 Å². The molecule has 2 aromatic rings. The van der Waals surface area contributed by atoms with Crippen molar-refractivity contribution in [2.45, 2.75) is 3.96 Å². The van der Waals surface area contributed by atoms with Crippen LogP contribution in [0.3, 0.4) is 0 Å². The number of rotatable bonds is 1. The van der Waals surface area contributed by atoms with E-state index < -0.39 is 3.96 Å². The molecule has 2 rings (SSSR count). The average Bonchev–Trinajstić information content (AvgIpc) is 2.17. The van der Waals surface area contributed by atoms with Crippen molar-refractivity contribution in [3.8, 4) is 0 Å². The van der Waals surface area contributed by atoms with Crippen LogP contribution in [0.2, 0.25) is 5.02 Å². The summed E-state index contributed by atoms with van der Waals surface area (Å²) < 4.78 is -1.09. The van der Waals surface area contributed by atoms with Crippen LogP contribution >= 0.6 is 34.8 Å². The molecule has 0 unspecified atom stereocenters. The van der Waals surface area contributed by atoms with Crippen LogP contribution in [0.5, 0.6) is 0 Å². The molecule has 0 aliphatic rings. The summed E-state index contributed by atoms with van der Waals surface area (Å²) in [6, 6.07) is 11.3. The molecular weight excluding hydrogens is 267 g/mol. The van der Waals surface area contributed by atoms with Crippen LogP contribution < -0.4 is 0 Å². The zero-order chi connectivity index (χ0) is 11.1. The Labute approximate surface area is 107 Å². The molecule has 0 amide bonds. The summed E-state index contributed by atoms with van der Waals surface area (Å²) in [6.07, 6.45) is 0. The van der Waals surface area contributed by atoms with E-state index in [2.05, 4.69) is 10.2 Å². The Kier molecular flexibility index (Phi) is 3.00. The largest absolute Gasteiger partial charge is 0.124 e. The summed E-state index contributed by atoms with van der Waals surface area (Å²) in [6.45, 7) is 0. The normalized spacial score (nSPS) is 12.0. The van der Waals surface area contributed by atoms with Gasteiger partial charge in [-0.05, 0) is 17.0 Å². The summed E-state index contributed by atoms with van der Waals surface area (Å²) >= 11 is 18.1. The van der Waals surface area contributed by atoms with Gasteiger partial charge in [0.25, 0.3) is 0 Å². The molecule has 15 heavy (non-hydrogen) atoms. The molecule has 0 spiro atoms. The van der Waals surface area contributed by atoms with Gasteiger partial charge in [-0.25, -0.2) is 0 Å². The maximum absolute atomic E-state index is 6.08. The maximum atomic E-state index is 6.08. The Morgan fingerprint density at radius 1 is 0.933 bits per heavy atom. The number of hydrogen-bond donors (Lipinski definition) is 0. The highest BCUT2D eigenvalue weighted by atomic mass is 35.5. The smallest absolute Gasteiger partial charge is 0.102 e. The number of alkyl halides is 2. The minimum atomic E-state index is -1.09. The predicted octanol–water partition coefficient (Wildman–Crippen LogP) is 4.25. The first kappa shape index (κ1) is 11.3. The molecule has 0 N–H and O–H groups in total. The fraction of sp³-hybridized carbons (Fsp3) is 0.0909. The van der Waals surface area contributed by atoms with Crippen molar-refractivity contribution in [1.82, 2.24) is 0 Å². The van der Waals surface area contributed by atoms with Gasteiger partial charge in [0, 0.05) is 10.4 Å². The van der Waals surface area contributed by atoms with Crippen molar-refractivity contribution in [2.75, 3.05) is 0 Å². The van der Waals surface area contributed by atoms with Crippen molar-refractivity contribution in [3.63, 3.8) is 0 Å². The monoisotopic (exact) mass is 271 g/mol. The quantitative estimate of drug-likeness (QED) is 0.538. The Bertz CT molecular complexity index is 503. The topological polar surface area (TPSA) is 0 Å². The van der Waals surface area contributed by atoms with E-state index in [0.717, 1.165) is 16.3 Å². The van der Waals surface area contributed by atoms with Crippen LogP contribution in [0.4, 0.5) is 0 Å². The lowest BCUT2D eigenvalue weighted by atomic mass is 10.1. The van der Waals surface area contributed by atoms with E-state index in [-0.39, 0.29) is 0 Å². The van der Waals surface area contributed by atoms with Crippen LogP contribution in [0, 0.1) is 0 Å². The molecule has 0 fully saturated rings. The van der Waals surface area contributed by atoms with Crippen LogP contribution in [0.15, 0.2) is 36.4 Å². The van der Waals surface area contributed by atoms with Gasteiger partial charge in [0.1, 0.15) is 3.96 Å². The Balaban J connectivity index is 2.84. The van der Waals surface area contributed by atoms with E-state index in [4.69, 9.17) is 34.8 Å². The molecule has 0 nitrogen and oxygen atoms in total. The number of benzene rings is 2. The second-order valence-electron chi connectivity index (χ2n) is 3.21. The maximum Gasteiger partial charge on any atom is 0.124 e.